The average Bonchev–Trinajstić information content (AvgIpc) is 2.05. The molecular weight excluding hydrogens is 141 g/mol. The largest absolute Gasteiger partial charge is 0.309 e. The van der Waals surface area contributed by atoms with Gasteiger partial charge in [-0.15, -0.1) is 0 Å². The van der Waals surface area contributed by atoms with Crippen molar-refractivity contribution in [2.24, 2.45) is 0 Å². The summed E-state index contributed by atoms with van der Waals surface area (Å²) in [6, 6.07) is 5.85. The van der Waals surface area contributed by atoms with Crippen LogP contribution in [0.3, 0.4) is 0 Å². The van der Waals surface area contributed by atoms with Gasteiger partial charge < -0.3 is 4.85 Å². The first kappa shape index (κ1) is 7.74. The highest BCUT2D eigenvalue weighted by Crippen LogP contribution is 2.15. The van der Waals surface area contributed by atoms with E-state index in [0.717, 1.165) is 5.56 Å². The van der Waals surface area contributed by atoms with Gasteiger partial charge in [-0.25, -0.2) is 11.0 Å². The summed E-state index contributed by atoms with van der Waals surface area (Å²) in [5.74, 6) is -0.258. The van der Waals surface area contributed by atoms with Crippen LogP contribution in [0.25, 0.3) is 4.85 Å². The average molecular weight is 149 g/mol. The maximum atomic E-state index is 12.4. The molecule has 1 nitrogen and oxygen atoms in total. The van der Waals surface area contributed by atoms with Crippen LogP contribution in [0.2, 0.25) is 0 Å². The molecule has 1 rings (SSSR count). The number of halogens is 1. The first-order valence-electron chi connectivity index (χ1n) is 3.36. The summed E-state index contributed by atoms with van der Waals surface area (Å²) in [6.45, 7) is 8.52. The van der Waals surface area contributed by atoms with Crippen molar-refractivity contribution >= 4 is 0 Å². The van der Waals surface area contributed by atoms with E-state index in [1.807, 2.05) is 0 Å². The second kappa shape index (κ2) is 3.16. The van der Waals surface area contributed by atoms with E-state index in [1.165, 1.54) is 12.1 Å². The first-order chi connectivity index (χ1) is 5.24. The van der Waals surface area contributed by atoms with E-state index in [4.69, 9.17) is 6.57 Å². The molecule has 56 valence electrons. The van der Waals surface area contributed by atoms with Crippen molar-refractivity contribution in [1.29, 1.82) is 0 Å². The molecule has 0 radical (unpaired) electrons. The molecule has 0 aliphatic heterocycles. The van der Waals surface area contributed by atoms with Gasteiger partial charge in [-0.2, -0.15) is 0 Å². The molecule has 0 aromatic heterocycles. The Labute approximate surface area is 65.3 Å². The van der Waals surface area contributed by atoms with Crippen LogP contribution in [0.1, 0.15) is 18.5 Å². The van der Waals surface area contributed by atoms with Crippen molar-refractivity contribution in [2.75, 3.05) is 0 Å². The van der Waals surface area contributed by atoms with E-state index in [-0.39, 0.29) is 11.9 Å². The lowest BCUT2D eigenvalue weighted by Crippen LogP contribution is -1.85. The predicted molar refractivity (Wildman–Crippen MR) is 41.4 cm³/mol. The summed E-state index contributed by atoms with van der Waals surface area (Å²) >= 11 is 0. The number of hydrogen-bond acceptors (Lipinski definition) is 0. The monoisotopic (exact) mass is 149 g/mol. The van der Waals surface area contributed by atoms with Gasteiger partial charge in [0, 0.05) is 12.5 Å². The van der Waals surface area contributed by atoms with Crippen molar-refractivity contribution in [3.8, 4) is 0 Å². The van der Waals surface area contributed by atoms with Gasteiger partial charge in [0.25, 0.3) is 0 Å². The van der Waals surface area contributed by atoms with E-state index in [0.29, 0.717) is 0 Å². The van der Waals surface area contributed by atoms with Crippen molar-refractivity contribution in [3.05, 3.63) is 47.1 Å². The number of nitrogens with zero attached hydrogens (tertiary/aromatic N) is 1. The second-order valence-electron chi connectivity index (χ2n) is 2.36. The highest BCUT2D eigenvalue weighted by Gasteiger charge is 2.06. The molecule has 0 unspecified atom stereocenters. The standard InChI is InChI=1S/C9H8FN/c1-7(11-2)8-3-5-9(10)6-4-8/h3-7H,1H3/t7-/m1/s1. The van der Waals surface area contributed by atoms with Crippen molar-refractivity contribution < 1.29 is 4.39 Å². The molecule has 0 saturated heterocycles. The van der Waals surface area contributed by atoms with Gasteiger partial charge in [-0.3, -0.25) is 0 Å². The molecule has 0 spiro atoms. The minimum atomic E-state index is -0.258. The van der Waals surface area contributed by atoms with Crippen LogP contribution in [0.5, 0.6) is 0 Å². The molecule has 0 bridgehead atoms. The van der Waals surface area contributed by atoms with Gasteiger partial charge >= 0.3 is 0 Å². The number of benzene rings is 1. The first-order valence-corrected chi connectivity index (χ1v) is 3.36. The topological polar surface area (TPSA) is 4.36 Å². The summed E-state index contributed by atoms with van der Waals surface area (Å²) in [5.41, 5.74) is 0.862. The molecule has 0 amide bonds. The Kier molecular flexibility index (Phi) is 2.22. The molecule has 11 heavy (non-hydrogen) atoms. The predicted octanol–water partition coefficient (Wildman–Crippen LogP) is 2.81. The van der Waals surface area contributed by atoms with Gasteiger partial charge in [0.15, 0.2) is 0 Å². The van der Waals surface area contributed by atoms with Crippen LogP contribution in [0.15, 0.2) is 24.3 Å². The fourth-order valence-corrected chi connectivity index (χ4v) is 0.816. The Morgan fingerprint density at radius 2 is 1.91 bits per heavy atom. The maximum absolute atomic E-state index is 12.4. The van der Waals surface area contributed by atoms with E-state index < -0.39 is 0 Å². The van der Waals surface area contributed by atoms with E-state index >= 15 is 0 Å². The highest BCUT2D eigenvalue weighted by atomic mass is 19.1. The Morgan fingerprint density at radius 1 is 1.36 bits per heavy atom. The van der Waals surface area contributed by atoms with Gasteiger partial charge in [-0.1, -0.05) is 0 Å². The minimum absolute atomic E-state index is 0.171. The fourth-order valence-electron chi connectivity index (χ4n) is 0.816. The summed E-state index contributed by atoms with van der Waals surface area (Å²) < 4.78 is 12.4. The third-order valence-corrected chi connectivity index (χ3v) is 1.55. The lowest BCUT2D eigenvalue weighted by atomic mass is 10.1. The van der Waals surface area contributed by atoms with Crippen LogP contribution in [-0.4, -0.2) is 0 Å². The summed E-state index contributed by atoms with van der Waals surface area (Å²) in [7, 11) is 0. The molecule has 0 heterocycles. The number of rotatable bonds is 1. The van der Waals surface area contributed by atoms with Crippen LogP contribution in [0, 0.1) is 12.4 Å². The van der Waals surface area contributed by atoms with Gasteiger partial charge in [-0.05, 0) is 24.3 Å². The second-order valence-corrected chi connectivity index (χ2v) is 2.36. The summed E-state index contributed by atoms with van der Waals surface area (Å²) in [4.78, 5) is 3.32. The Bertz CT molecular complexity index is 271. The third kappa shape index (κ3) is 1.78. The highest BCUT2D eigenvalue weighted by molar-refractivity contribution is 5.21. The molecule has 1 aromatic rings. The smallest absolute Gasteiger partial charge is 0.245 e. The molecule has 0 aliphatic rings. The molecule has 0 saturated carbocycles. The van der Waals surface area contributed by atoms with E-state index in [2.05, 4.69) is 4.85 Å². The number of hydrogen-bond donors (Lipinski definition) is 0. The van der Waals surface area contributed by atoms with Crippen LogP contribution in [-0.2, 0) is 0 Å². The van der Waals surface area contributed by atoms with Crippen LogP contribution < -0.4 is 0 Å². The van der Waals surface area contributed by atoms with Gasteiger partial charge in [0.1, 0.15) is 5.82 Å². The fraction of sp³-hybridized carbons (Fsp3) is 0.222. The van der Waals surface area contributed by atoms with Crippen LogP contribution in [0.4, 0.5) is 4.39 Å². The molecular formula is C9H8FN. The van der Waals surface area contributed by atoms with E-state index in [9.17, 15) is 4.39 Å². The Hall–Kier alpha value is -1.36. The molecule has 1 aromatic carbocycles. The Balaban J connectivity index is 2.92. The molecule has 0 N–H and O–H groups in total. The normalized spacial score (nSPS) is 12.1. The summed E-state index contributed by atoms with van der Waals surface area (Å²) in [5, 5.41) is 0. The molecule has 1 atom stereocenters. The maximum Gasteiger partial charge on any atom is 0.245 e. The zero-order chi connectivity index (χ0) is 8.27. The lowest BCUT2D eigenvalue weighted by molar-refractivity contribution is 0.626. The Morgan fingerprint density at radius 3 is 2.36 bits per heavy atom. The van der Waals surface area contributed by atoms with Crippen molar-refractivity contribution in [3.63, 3.8) is 0 Å². The van der Waals surface area contributed by atoms with Gasteiger partial charge in [0.2, 0.25) is 6.04 Å². The molecule has 0 fully saturated rings. The van der Waals surface area contributed by atoms with Crippen LogP contribution >= 0.6 is 0 Å². The SMILES string of the molecule is [C-]#[N+][C@H](C)c1ccc(F)cc1. The van der Waals surface area contributed by atoms with Gasteiger partial charge in [0.05, 0.1) is 0 Å². The molecule has 0 aliphatic carbocycles. The zero-order valence-electron chi connectivity index (χ0n) is 6.21. The van der Waals surface area contributed by atoms with E-state index in [1.54, 1.807) is 19.1 Å². The zero-order valence-corrected chi connectivity index (χ0v) is 6.21. The molecule has 2 heteroatoms. The minimum Gasteiger partial charge on any atom is -0.309 e. The summed E-state index contributed by atoms with van der Waals surface area (Å²) in [6.07, 6.45) is 0. The van der Waals surface area contributed by atoms with Crippen molar-refractivity contribution in [1.82, 2.24) is 0 Å². The third-order valence-electron chi connectivity index (χ3n) is 1.55. The van der Waals surface area contributed by atoms with Crippen molar-refractivity contribution in [2.45, 2.75) is 13.0 Å². The quantitative estimate of drug-likeness (QED) is 0.541. The lowest BCUT2D eigenvalue weighted by Gasteiger charge is -1.97.